The van der Waals surface area contributed by atoms with Crippen LogP contribution in [0.4, 0.5) is 0 Å². The molecule has 0 aliphatic heterocycles. The number of hydrogen-bond acceptors (Lipinski definition) is 3. The van der Waals surface area contributed by atoms with Crippen LogP contribution < -0.4 is 5.32 Å². The largest absolute Gasteiger partial charge is 0.508 e. The van der Waals surface area contributed by atoms with E-state index in [0.717, 1.165) is 15.6 Å². The zero-order valence-corrected chi connectivity index (χ0v) is 15.3. The maximum atomic E-state index is 12.4. The van der Waals surface area contributed by atoms with Crippen LogP contribution in [0.3, 0.4) is 0 Å². The highest BCUT2D eigenvalue weighted by Gasteiger charge is 2.21. The zero-order valence-electron chi connectivity index (χ0n) is 13.7. The fourth-order valence-corrected chi connectivity index (χ4v) is 3.14. The smallest absolute Gasteiger partial charge is 0.244 e. The number of phenolic OH excluding ortho intramolecular Hbond substituents is 1. The molecule has 0 aliphatic rings. The van der Waals surface area contributed by atoms with E-state index in [4.69, 9.17) is 0 Å². The number of phenols is 1. The van der Waals surface area contributed by atoms with Gasteiger partial charge in [0.25, 0.3) is 0 Å². The molecule has 0 unspecified atom stereocenters. The molecule has 2 N–H and O–H groups in total. The van der Waals surface area contributed by atoms with Gasteiger partial charge in [-0.1, -0.05) is 40.2 Å². The normalized spacial score (nSPS) is 11.9. The van der Waals surface area contributed by atoms with Gasteiger partial charge in [-0.2, -0.15) is 5.10 Å². The van der Waals surface area contributed by atoms with Crippen LogP contribution in [-0.2, 0) is 11.2 Å². The lowest BCUT2D eigenvalue weighted by Gasteiger charge is -2.16. The predicted molar refractivity (Wildman–Crippen MR) is 100 cm³/mol. The molecule has 0 aliphatic carbocycles. The fourth-order valence-electron chi connectivity index (χ4n) is 2.69. The second-order valence-corrected chi connectivity index (χ2v) is 6.61. The van der Waals surface area contributed by atoms with Gasteiger partial charge < -0.3 is 10.4 Å². The summed E-state index contributed by atoms with van der Waals surface area (Å²) < 4.78 is 2.64. The van der Waals surface area contributed by atoms with Crippen molar-refractivity contribution in [3.05, 3.63) is 70.8 Å². The molecule has 1 atom stereocenters. The summed E-state index contributed by atoms with van der Waals surface area (Å²) in [5, 5.41) is 16.9. The van der Waals surface area contributed by atoms with Crippen molar-refractivity contribution in [3.8, 4) is 17.0 Å². The van der Waals surface area contributed by atoms with E-state index in [9.17, 15) is 9.90 Å². The number of nitrogens with one attached hydrogen (secondary N) is 1. The number of aromatic nitrogens is 2. The lowest BCUT2D eigenvalue weighted by atomic mass is 10.1. The Balaban J connectivity index is 1.91. The average Bonchev–Trinajstić information content (AvgIpc) is 3.09. The number of halogens is 1. The van der Waals surface area contributed by atoms with Crippen molar-refractivity contribution in [2.75, 3.05) is 7.05 Å². The quantitative estimate of drug-likeness (QED) is 0.689. The van der Waals surface area contributed by atoms with Crippen molar-refractivity contribution in [1.29, 1.82) is 0 Å². The number of rotatable bonds is 5. The fraction of sp³-hybridized carbons (Fsp3) is 0.158. The maximum absolute atomic E-state index is 12.4. The van der Waals surface area contributed by atoms with Crippen molar-refractivity contribution in [3.63, 3.8) is 0 Å². The molecule has 2 aromatic carbocycles. The summed E-state index contributed by atoms with van der Waals surface area (Å²) in [5.41, 5.74) is 2.55. The minimum absolute atomic E-state index is 0.106. The molecule has 0 bridgehead atoms. The number of hydrogen-bond donors (Lipinski definition) is 2. The molecule has 5 nitrogen and oxygen atoms in total. The van der Waals surface area contributed by atoms with Gasteiger partial charge in [0.2, 0.25) is 5.91 Å². The lowest BCUT2D eigenvalue weighted by Crippen LogP contribution is -2.31. The van der Waals surface area contributed by atoms with Gasteiger partial charge in [0.15, 0.2) is 0 Å². The van der Waals surface area contributed by atoms with E-state index in [0.29, 0.717) is 12.1 Å². The number of benzene rings is 2. The first-order valence-corrected chi connectivity index (χ1v) is 8.66. The van der Waals surface area contributed by atoms with E-state index >= 15 is 0 Å². The minimum atomic E-state index is -0.453. The molecule has 128 valence electrons. The Bertz CT molecular complexity index is 892. The summed E-state index contributed by atoms with van der Waals surface area (Å²) >= 11 is 3.46. The number of carbonyl (C=O) groups excluding carboxylic acids is 1. The van der Waals surface area contributed by atoms with E-state index in [-0.39, 0.29) is 11.7 Å². The van der Waals surface area contributed by atoms with E-state index in [2.05, 4.69) is 26.3 Å². The summed E-state index contributed by atoms with van der Waals surface area (Å²) in [6.45, 7) is 0. The van der Waals surface area contributed by atoms with E-state index < -0.39 is 6.04 Å². The first-order valence-electron chi connectivity index (χ1n) is 7.87. The number of likely N-dealkylation sites (N-methyl/N-ethyl adjacent to an activating group) is 1. The Morgan fingerprint density at radius 2 is 2.04 bits per heavy atom. The second kappa shape index (κ2) is 7.53. The summed E-state index contributed by atoms with van der Waals surface area (Å²) in [6.07, 6.45) is 2.32. The van der Waals surface area contributed by atoms with Gasteiger partial charge in [-0.25, -0.2) is 0 Å². The van der Waals surface area contributed by atoms with Gasteiger partial charge in [0.05, 0.1) is 5.69 Å². The molecule has 25 heavy (non-hydrogen) atoms. The minimum Gasteiger partial charge on any atom is -0.508 e. The SMILES string of the molecule is CNC(=O)[C@H](Cc1cccc(Br)c1)n1ccc(-c2cccc(O)c2)n1. The van der Waals surface area contributed by atoms with Crippen molar-refractivity contribution in [2.45, 2.75) is 12.5 Å². The predicted octanol–water partition coefficient (Wildman–Crippen LogP) is 3.55. The highest BCUT2D eigenvalue weighted by Crippen LogP contribution is 2.24. The highest BCUT2D eigenvalue weighted by atomic mass is 79.9. The molecule has 3 aromatic rings. The van der Waals surface area contributed by atoms with Crippen LogP contribution in [0.5, 0.6) is 5.75 Å². The molecule has 1 aromatic heterocycles. The Hall–Kier alpha value is -2.60. The Labute approximate surface area is 154 Å². The Morgan fingerprint density at radius 3 is 2.76 bits per heavy atom. The first-order chi connectivity index (χ1) is 12.1. The highest BCUT2D eigenvalue weighted by molar-refractivity contribution is 9.10. The molecule has 0 spiro atoms. The standard InChI is InChI=1S/C19H18BrN3O2/c1-21-19(25)18(11-13-4-2-6-15(20)10-13)23-9-8-17(22-23)14-5-3-7-16(24)12-14/h2-10,12,18,24H,11H2,1H3,(H,21,25)/t18-/m0/s1. The number of aromatic hydroxyl groups is 1. The van der Waals surface area contributed by atoms with Crippen molar-refractivity contribution >= 4 is 21.8 Å². The molecular formula is C19H18BrN3O2. The van der Waals surface area contributed by atoms with Crippen LogP contribution in [-0.4, -0.2) is 27.8 Å². The molecule has 6 heteroatoms. The Morgan fingerprint density at radius 1 is 1.24 bits per heavy atom. The summed E-state index contributed by atoms with van der Waals surface area (Å²) in [7, 11) is 1.62. The van der Waals surface area contributed by atoms with Crippen LogP contribution in [0.1, 0.15) is 11.6 Å². The summed E-state index contributed by atoms with van der Waals surface area (Å²) in [4.78, 5) is 12.4. The van der Waals surface area contributed by atoms with Crippen molar-refractivity contribution < 1.29 is 9.90 Å². The van der Waals surface area contributed by atoms with Gasteiger partial charge >= 0.3 is 0 Å². The average molecular weight is 400 g/mol. The van der Waals surface area contributed by atoms with Crippen molar-refractivity contribution in [1.82, 2.24) is 15.1 Å². The monoisotopic (exact) mass is 399 g/mol. The maximum Gasteiger partial charge on any atom is 0.244 e. The number of carbonyl (C=O) groups is 1. The molecule has 0 saturated carbocycles. The number of nitrogens with zero attached hydrogens (tertiary/aromatic N) is 2. The third kappa shape index (κ3) is 4.09. The Kier molecular flexibility index (Phi) is 5.19. The molecule has 0 saturated heterocycles. The van der Waals surface area contributed by atoms with E-state index in [1.54, 1.807) is 36.1 Å². The summed E-state index contributed by atoms with van der Waals surface area (Å²) in [5.74, 6) is 0.0783. The van der Waals surface area contributed by atoms with E-state index in [1.165, 1.54) is 0 Å². The van der Waals surface area contributed by atoms with Crippen LogP contribution in [0.2, 0.25) is 0 Å². The lowest BCUT2D eigenvalue weighted by molar-refractivity contribution is -0.124. The molecule has 0 fully saturated rings. The zero-order chi connectivity index (χ0) is 17.8. The van der Waals surface area contributed by atoms with Gasteiger partial charge in [-0.05, 0) is 35.9 Å². The van der Waals surface area contributed by atoms with Gasteiger partial charge in [0, 0.05) is 29.7 Å². The molecule has 1 amide bonds. The second-order valence-electron chi connectivity index (χ2n) is 5.70. The van der Waals surface area contributed by atoms with E-state index in [1.807, 2.05) is 36.4 Å². The van der Waals surface area contributed by atoms with Crippen LogP contribution in [0.15, 0.2) is 65.3 Å². The third-order valence-electron chi connectivity index (χ3n) is 3.94. The first kappa shape index (κ1) is 17.2. The van der Waals surface area contributed by atoms with Gasteiger partial charge in [0.1, 0.15) is 11.8 Å². The topological polar surface area (TPSA) is 67.2 Å². The van der Waals surface area contributed by atoms with Crippen LogP contribution in [0, 0.1) is 0 Å². The van der Waals surface area contributed by atoms with Gasteiger partial charge in [-0.15, -0.1) is 0 Å². The molecule has 3 rings (SSSR count). The van der Waals surface area contributed by atoms with Gasteiger partial charge in [-0.3, -0.25) is 9.48 Å². The molecular weight excluding hydrogens is 382 g/mol. The van der Waals surface area contributed by atoms with Crippen LogP contribution in [0.25, 0.3) is 11.3 Å². The molecule has 0 radical (unpaired) electrons. The number of amides is 1. The molecule has 1 heterocycles. The third-order valence-corrected chi connectivity index (χ3v) is 4.43. The van der Waals surface area contributed by atoms with Crippen molar-refractivity contribution in [2.24, 2.45) is 0 Å². The summed E-state index contributed by atoms with van der Waals surface area (Å²) in [6, 6.07) is 16.2. The van der Waals surface area contributed by atoms with Crippen LogP contribution >= 0.6 is 15.9 Å².